The van der Waals surface area contributed by atoms with Gasteiger partial charge in [-0.05, 0) is 63.1 Å². The molecule has 3 nitrogen and oxygen atoms in total. The first kappa shape index (κ1) is 16.1. The van der Waals surface area contributed by atoms with Crippen LogP contribution >= 0.6 is 0 Å². The first-order chi connectivity index (χ1) is 10.8. The van der Waals surface area contributed by atoms with Gasteiger partial charge in [0.1, 0.15) is 17.9 Å². The Kier molecular flexibility index (Phi) is 3.77. The maximum atomic E-state index is 14.7. The molecule has 1 saturated carbocycles. The quantitative estimate of drug-likeness (QED) is 0.808. The number of alkyl halides is 1. The molecule has 1 heterocycles. The topological polar surface area (TPSA) is 46.2 Å². The van der Waals surface area contributed by atoms with Gasteiger partial charge in [0.25, 0.3) is 0 Å². The third-order valence-electron chi connectivity index (χ3n) is 5.43. The molecule has 1 aliphatic carbocycles. The monoisotopic (exact) mass is 321 g/mol. The molecule has 0 aromatic heterocycles. The number of aryl methyl sites for hydroxylation is 2. The minimum atomic E-state index is -1.12. The van der Waals surface area contributed by atoms with Gasteiger partial charge in [0.2, 0.25) is 5.91 Å². The zero-order valence-corrected chi connectivity index (χ0v) is 13.6. The van der Waals surface area contributed by atoms with E-state index in [2.05, 4.69) is 5.32 Å². The molecule has 124 valence electrons. The van der Waals surface area contributed by atoms with E-state index in [1.807, 2.05) is 0 Å². The van der Waals surface area contributed by atoms with Gasteiger partial charge < -0.3 is 5.32 Å². The number of hydrogen-bond donors (Lipinski definition) is 1. The Bertz CT molecular complexity index is 691. The Balaban J connectivity index is 2.04. The molecule has 1 N–H and O–H groups in total. The van der Waals surface area contributed by atoms with Crippen LogP contribution in [0.1, 0.15) is 53.9 Å². The summed E-state index contributed by atoms with van der Waals surface area (Å²) in [5, 5.41) is 2.75. The Morgan fingerprint density at radius 1 is 1.13 bits per heavy atom. The summed E-state index contributed by atoms with van der Waals surface area (Å²) in [5.41, 5.74) is 1.02. The zero-order chi connectivity index (χ0) is 16.9. The lowest BCUT2D eigenvalue weighted by molar-refractivity contribution is -0.126. The summed E-state index contributed by atoms with van der Waals surface area (Å²) in [4.78, 5) is 25.4. The number of nitrogens with one attached hydrogen (secondary N) is 1. The first-order valence-corrected chi connectivity index (χ1v) is 8.03. The van der Waals surface area contributed by atoms with Gasteiger partial charge in [-0.15, -0.1) is 0 Å². The lowest BCUT2D eigenvalue weighted by atomic mass is 9.75. The average molecular weight is 321 g/mol. The summed E-state index contributed by atoms with van der Waals surface area (Å²) in [6.07, 6.45) is 0.173. The number of rotatable bonds is 1. The lowest BCUT2D eigenvalue weighted by Gasteiger charge is -2.33. The van der Waals surface area contributed by atoms with E-state index in [1.165, 1.54) is 0 Å². The normalized spacial score (nSPS) is 30.8. The van der Waals surface area contributed by atoms with E-state index in [1.54, 1.807) is 26.8 Å². The molecule has 1 atom stereocenters. The van der Waals surface area contributed by atoms with E-state index >= 15 is 0 Å². The summed E-state index contributed by atoms with van der Waals surface area (Å²) in [6, 6.07) is 1.80. The fourth-order valence-corrected chi connectivity index (χ4v) is 3.89. The standard InChI is InChI=1S/C18H21F2NO2/c1-9-8-10(2)13(15(20)11(9)3)14-16(22)18(21-17(14)23)6-4-12(19)5-7-18/h8,12,14H,4-7H2,1-3H3,(H,21,23). The van der Waals surface area contributed by atoms with E-state index in [4.69, 9.17) is 0 Å². The van der Waals surface area contributed by atoms with Crippen molar-refractivity contribution >= 4 is 11.7 Å². The Labute approximate surface area is 134 Å². The molecular formula is C18H21F2NO2. The number of ketones is 1. The van der Waals surface area contributed by atoms with E-state index in [-0.39, 0.29) is 24.2 Å². The predicted molar refractivity (Wildman–Crippen MR) is 82.6 cm³/mol. The molecule has 1 spiro atoms. The van der Waals surface area contributed by atoms with Gasteiger partial charge in [-0.3, -0.25) is 9.59 Å². The van der Waals surface area contributed by atoms with Crippen molar-refractivity contribution in [2.24, 2.45) is 0 Å². The van der Waals surface area contributed by atoms with Crippen molar-refractivity contribution in [1.82, 2.24) is 5.32 Å². The second-order valence-corrected chi connectivity index (χ2v) is 6.91. The molecule has 5 heteroatoms. The number of benzene rings is 1. The minimum absolute atomic E-state index is 0.176. The van der Waals surface area contributed by atoms with Crippen molar-refractivity contribution in [3.05, 3.63) is 34.1 Å². The molecule has 1 saturated heterocycles. The van der Waals surface area contributed by atoms with Crippen LogP contribution in [0.4, 0.5) is 8.78 Å². The second-order valence-electron chi connectivity index (χ2n) is 6.91. The van der Waals surface area contributed by atoms with E-state index in [0.717, 1.165) is 5.56 Å². The number of hydrogen-bond acceptors (Lipinski definition) is 2. The number of Topliss-reactive ketones (excluding diaryl/α,β-unsaturated/α-hetero) is 1. The fourth-order valence-electron chi connectivity index (χ4n) is 3.89. The van der Waals surface area contributed by atoms with Crippen molar-refractivity contribution in [3.63, 3.8) is 0 Å². The van der Waals surface area contributed by atoms with Crippen molar-refractivity contribution in [1.29, 1.82) is 0 Å². The van der Waals surface area contributed by atoms with Crippen LogP contribution in [0.3, 0.4) is 0 Å². The highest BCUT2D eigenvalue weighted by molar-refractivity contribution is 6.17. The first-order valence-electron chi connectivity index (χ1n) is 8.03. The number of carbonyl (C=O) groups is 2. The van der Waals surface area contributed by atoms with Gasteiger partial charge in [0, 0.05) is 5.56 Å². The third kappa shape index (κ3) is 2.37. The van der Waals surface area contributed by atoms with Gasteiger partial charge in [-0.25, -0.2) is 8.78 Å². The van der Waals surface area contributed by atoms with Crippen LogP contribution in [0.5, 0.6) is 0 Å². The van der Waals surface area contributed by atoms with Crippen LogP contribution in [-0.4, -0.2) is 23.4 Å². The average Bonchev–Trinajstić information content (AvgIpc) is 2.73. The van der Waals surface area contributed by atoms with Crippen LogP contribution < -0.4 is 5.32 Å². The maximum Gasteiger partial charge on any atom is 0.236 e. The second kappa shape index (κ2) is 5.39. The highest BCUT2D eigenvalue weighted by Crippen LogP contribution is 2.41. The van der Waals surface area contributed by atoms with Crippen LogP contribution in [0.2, 0.25) is 0 Å². The molecule has 1 aromatic rings. The smallest absolute Gasteiger partial charge is 0.236 e. The van der Waals surface area contributed by atoms with Crippen molar-refractivity contribution in [2.75, 3.05) is 0 Å². The van der Waals surface area contributed by atoms with E-state index in [9.17, 15) is 18.4 Å². The van der Waals surface area contributed by atoms with Crippen LogP contribution in [0.15, 0.2) is 6.07 Å². The van der Waals surface area contributed by atoms with Gasteiger partial charge >= 0.3 is 0 Å². The van der Waals surface area contributed by atoms with Crippen molar-refractivity contribution in [2.45, 2.75) is 64.1 Å². The largest absolute Gasteiger partial charge is 0.343 e. The van der Waals surface area contributed by atoms with Crippen molar-refractivity contribution in [3.8, 4) is 0 Å². The van der Waals surface area contributed by atoms with Gasteiger partial charge in [0.05, 0.1) is 5.54 Å². The highest BCUT2D eigenvalue weighted by Gasteiger charge is 2.55. The van der Waals surface area contributed by atoms with Gasteiger partial charge in [-0.1, -0.05) is 6.07 Å². The predicted octanol–water partition coefficient (Wildman–Crippen LogP) is 3.18. The lowest BCUT2D eigenvalue weighted by Crippen LogP contribution is -2.49. The minimum Gasteiger partial charge on any atom is -0.343 e. The molecule has 0 bridgehead atoms. The van der Waals surface area contributed by atoms with Crippen LogP contribution in [0, 0.1) is 26.6 Å². The highest BCUT2D eigenvalue weighted by atomic mass is 19.1. The summed E-state index contributed by atoms with van der Waals surface area (Å²) >= 11 is 0. The Morgan fingerprint density at radius 2 is 1.74 bits per heavy atom. The molecule has 1 unspecified atom stereocenters. The summed E-state index contributed by atoms with van der Waals surface area (Å²) in [5.74, 6) is -2.37. The summed E-state index contributed by atoms with van der Waals surface area (Å²) in [6.45, 7) is 5.17. The van der Waals surface area contributed by atoms with Gasteiger partial charge in [0.15, 0.2) is 5.78 Å². The van der Waals surface area contributed by atoms with Gasteiger partial charge in [-0.2, -0.15) is 0 Å². The number of halogens is 2. The Morgan fingerprint density at radius 3 is 2.35 bits per heavy atom. The molecular weight excluding hydrogens is 300 g/mol. The van der Waals surface area contributed by atoms with Crippen LogP contribution in [0.25, 0.3) is 0 Å². The SMILES string of the molecule is Cc1cc(C)c(C2C(=O)NC3(CCC(F)CC3)C2=O)c(F)c1C. The van der Waals surface area contributed by atoms with Crippen LogP contribution in [-0.2, 0) is 9.59 Å². The van der Waals surface area contributed by atoms with Crippen molar-refractivity contribution < 1.29 is 18.4 Å². The number of carbonyl (C=O) groups excluding carboxylic acids is 2. The zero-order valence-electron chi connectivity index (χ0n) is 13.6. The molecule has 0 radical (unpaired) electrons. The molecule has 2 aliphatic rings. The fraction of sp³-hybridized carbons (Fsp3) is 0.556. The third-order valence-corrected chi connectivity index (χ3v) is 5.43. The number of amides is 1. The molecule has 2 fully saturated rings. The van der Waals surface area contributed by atoms with E-state index in [0.29, 0.717) is 24.0 Å². The maximum absolute atomic E-state index is 14.7. The summed E-state index contributed by atoms with van der Waals surface area (Å²) in [7, 11) is 0. The molecule has 1 aliphatic heterocycles. The van der Waals surface area contributed by atoms with E-state index < -0.39 is 29.4 Å². The summed E-state index contributed by atoms with van der Waals surface area (Å²) < 4.78 is 28.2. The molecule has 1 aromatic carbocycles. The molecule has 1 amide bonds. The Hall–Kier alpha value is -1.78. The molecule has 23 heavy (non-hydrogen) atoms. The molecule has 3 rings (SSSR count).